The second kappa shape index (κ2) is 5.20. The maximum absolute atomic E-state index is 12.5. The molecule has 1 fully saturated rings. The Labute approximate surface area is 131 Å². The molecule has 0 radical (unpaired) electrons. The Bertz CT molecular complexity index is 909. The first-order chi connectivity index (χ1) is 10.3. The third-order valence-electron chi connectivity index (χ3n) is 4.10. The van der Waals surface area contributed by atoms with E-state index in [2.05, 4.69) is 10.2 Å². The van der Waals surface area contributed by atoms with E-state index >= 15 is 0 Å². The molecule has 118 valence electrons. The predicted molar refractivity (Wildman–Crippen MR) is 82.1 cm³/mol. The van der Waals surface area contributed by atoms with Gasteiger partial charge in [-0.2, -0.15) is 0 Å². The maximum atomic E-state index is 12.5. The van der Waals surface area contributed by atoms with E-state index in [1.807, 2.05) is 0 Å². The summed E-state index contributed by atoms with van der Waals surface area (Å²) in [6, 6.07) is 1.59. The molecule has 2 aromatic rings. The Hall–Kier alpha value is -1.67. The van der Waals surface area contributed by atoms with E-state index in [9.17, 15) is 18.3 Å². The minimum absolute atomic E-state index is 0.0758. The number of aromatic nitrogens is 3. The molecular formula is C13H14ClN3O4S. The first-order valence-corrected chi connectivity index (χ1v) is 8.95. The molecule has 3 rings (SSSR count). The van der Waals surface area contributed by atoms with Crippen LogP contribution in [0.3, 0.4) is 0 Å². The SMILES string of the molecule is Cn1c(=O)c(C2CCS(=O)(=O)CC2)cc2c(Cl)nnc(O)c21. The normalized spacial score (nSPS) is 18.6. The molecule has 7 nitrogen and oxygen atoms in total. The lowest BCUT2D eigenvalue weighted by Crippen LogP contribution is -2.29. The minimum Gasteiger partial charge on any atom is -0.491 e. The van der Waals surface area contributed by atoms with Crippen molar-refractivity contribution in [3.8, 4) is 5.88 Å². The van der Waals surface area contributed by atoms with Gasteiger partial charge < -0.3 is 9.67 Å². The van der Waals surface area contributed by atoms with Gasteiger partial charge >= 0.3 is 0 Å². The number of pyridine rings is 1. The summed E-state index contributed by atoms with van der Waals surface area (Å²) in [4.78, 5) is 12.5. The van der Waals surface area contributed by atoms with Crippen molar-refractivity contribution in [2.24, 2.45) is 7.05 Å². The van der Waals surface area contributed by atoms with Crippen LogP contribution in [0.2, 0.25) is 5.15 Å². The van der Waals surface area contributed by atoms with Crippen LogP contribution in [-0.2, 0) is 16.9 Å². The zero-order valence-electron chi connectivity index (χ0n) is 11.8. The maximum Gasteiger partial charge on any atom is 0.256 e. The molecule has 0 aromatic carbocycles. The van der Waals surface area contributed by atoms with Crippen molar-refractivity contribution >= 4 is 32.3 Å². The van der Waals surface area contributed by atoms with Gasteiger partial charge in [-0.3, -0.25) is 4.79 Å². The second-order valence-corrected chi connectivity index (χ2v) is 8.13. The van der Waals surface area contributed by atoms with Crippen LogP contribution in [0.5, 0.6) is 5.88 Å². The Balaban J connectivity index is 2.18. The van der Waals surface area contributed by atoms with E-state index in [0.717, 1.165) is 0 Å². The average Bonchev–Trinajstić information content (AvgIpc) is 2.46. The van der Waals surface area contributed by atoms with Crippen molar-refractivity contribution in [2.45, 2.75) is 18.8 Å². The first-order valence-electron chi connectivity index (χ1n) is 6.75. The fourth-order valence-electron chi connectivity index (χ4n) is 2.88. The second-order valence-electron chi connectivity index (χ2n) is 5.47. The molecule has 22 heavy (non-hydrogen) atoms. The fraction of sp³-hybridized carbons (Fsp3) is 0.462. The summed E-state index contributed by atoms with van der Waals surface area (Å²) in [6.45, 7) is 0. The Morgan fingerprint density at radius 1 is 1.32 bits per heavy atom. The molecule has 0 spiro atoms. The van der Waals surface area contributed by atoms with E-state index in [0.29, 0.717) is 23.8 Å². The van der Waals surface area contributed by atoms with E-state index in [1.165, 1.54) is 11.6 Å². The van der Waals surface area contributed by atoms with Gasteiger partial charge in [-0.1, -0.05) is 11.6 Å². The van der Waals surface area contributed by atoms with Gasteiger partial charge in [0.15, 0.2) is 5.15 Å². The average molecular weight is 344 g/mol. The highest BCUT2D eigenvalue weighted by Crippen LogP contribution is 2.31. The van der Waals surface area contributed by atoms with Gasteiger partial charge in [0.2, 0.25) is 0 Å². The van der Waals surface area contributed by atoms with Crippen LogP contribution in [0, 0.1) is 0 Å². The first kappa shape index (κ1) is 15.2. The molecule has 1 saturated heterocycles. The molecule has 1 aliphatic heterocycles. The molecule has 0 aliphatic carbocycles. The number of halogens is 1. The summed E-state index contributed by atoms with van der Waals surface area (Å²) >= 11 is 6.01. The summed E-state index contributed by atoms with van der Waals surface area (Å²) in [5, 5.41) is 17.5. The van der Waals surface area contributed by atoms with Crippen molar-refractivity contribution in [3.05, 3.63) is 27.1 Å². The third-order valence-corrected chi connectivity index (χ3v) is 6.10. The lowest BCUT2D eigenvalue weighted by Gasteiger charge is -2.22. The summed E-state index contributed by atoms with van der Waals surface area (Å²) in [5.41, 5.74) is 0.438. The van der Waals surface area contributed by atoms with Gasteiger partial charge in [0.25, 0.3) is 11.4 Å². The molecule has 0 bridgehead atoms. The molecule has 1 N–H and O–H groups in total. The number of hydrogen-bond donors (Lipinski definition) is 1. The lowest BCUT2D eigenvalue weighted by molar-refractivity contribution is 0.448. The zero-order chi connectivity index (χ0) is 16.1. The number of rotatable bonds is 1. The van der Waals surface area contributed by atoms with Crippen molar-refractivity contribution < 1.29 is 13.5 Å². The third kappa shape index (κ3) is 2.46. The molecule has 0 saturated carbocycles. The van der Waals surface area contributed by atoms with E-state index in [-0.39, 0.29) is 39.5 Å². The summed E-state index contributed by atoms with van der Waals surface area (Å²) < 4.78 is 24.4. The molecular weight excluding hydrogens is 330 g/mol. The van der Waals surface area contributed by atoms with Crippen LogP contribution < -0.4 is 5.56 Å². The predicted octanol–water partition coefficient (Wildman–Crippen LogP) is 0.980. The summed E-state index contributed by atoms with van der Waals surface area (Å²) in [7, 11) is -1.48. The van der Waals surface area contributed by atoms with Gasteiger partial charge in [0.1, 0.15) is 15.4 Å². The molecule has 0 unspecified atom stereocenters. The number of sulfone groups is 1. The van der Waals surface area contributed by atoms with Gasteiger partial charge in [-0.05, 0) is 24.8 Å². The van der Waals surface area contributed by atoms with Gasteiger partial charge in [0, 0.05) is 18.0 Å². The molecule has 3 heterocycles. The van der Waals surface area contributed by atoms with Crippen LogP contribution in [0.4, 0.5) is 0 Å². The number of fused-ring (bicyclic) bond motifs is 1. The number of aryl methyl sites for hydroxylation is 1. The number of aromatic hydroxyl groups is 1. The van der Waals surface area contributed by atoms with Gasteiger partial charge in [0.05, 0.1) is 11.5 Å². The molecule has 9 heteroatoms. The Morgan fingerprint density at radius 2 is 1.95 bits per heavy atom. The summed E-state index contributed by atoms with van der Waals surface area (Å²) in [5.74, 6) is -0.353. The van der Waals surface area contributed by atoms with Crippen LogP contribution in [0.25, 0.3) is 10.9 Å². The molecule has 0 amide bonds. The molecule has 2 aromatic heterocycles. The van der Waals surface area contributed by atoms with Crippen LogP contribution in [0.1, 0.15) is 24.3 Å². The standard InChI is InChI=1S/C13H14ClN3O4S/c1-17-10-9(11(14)15-16-12(10)18)6-8(13(17)19)7-2-4-22(20,21)5-3-7/h6-7H,2-5H2,1H3,(H,16,18). The van der Waals surface area contributed by atoms with Gasteiger partial charge in [-0.15, -0.1) is 10.2 Å². The van der Waals surface area contributed by atoms with E-state index in [4.69, 9.17) is 11.6 Å². The quantitative estimate of drug-likeness (QED) is 0.828. The van der Waals surface area contributed by atoms with Crippen molar-refractivity contribution in [1.29, 1.82) is 0 Å². The lowest BCUT2D eigenvalue weighted by atomic mass is 9.94. The van der Waals surface area contributed by atoms with E-state index < -0.39 is 9.84 Å². The zero-order valence-corrected chi connectivity index (χ0v) is 13.4. The van der Waals surface area contributed by atoms with Crippen molar-refractivity contribution in [3.63, 3.8) is 0 Å². The van der Waals surface area contributed by atoms with Crippen LogP contribution in [0.15, 0.2) is 10.9 Å². The Morgan fingerprint density at radius 3 is 2.59 bits per heavy atom. The highest BCUT2D eigenvalue weighted by molar-refractivity contribution is 7.91. The van der Waals surface area contributed by atoms with Crippen LogP contribution >= 0.6 is 11.6 Å². The summed E-state index contributed by atoms with van der Waals surface area (Å²) in [6.07, 6.45) is 0.816. The van der Waals surface area contributed by atoms with E-state index in [1.54, 1.807) is 6.07 Å². The van der Waals surface area contributed by atoms with Crippen LogP contribution in [-0.4, -0.2) is 39.8 Å². The monoisotopic (exact) mass is 343 g/mol. The Kier molecular flexibility index (Phi) is 3.60. The molecule has 0 atom stereocenters. The largest absolute Gasteiger partial charge is 0.491 e. The fourth-order valence-corrected chi connectivity index (χ4v) is 4.55. The van der Waals surface area contributed by atoms with Crippen molar-refractivity contribution in [2.75, 3.05) is 11.5 Å². The number of hydrogen-bond acceptors (Lipinski definition) is 6. The van der Waals surface area contributed by atoms with Crippen molar-refractivity contribution in [1.82, 2.24) is 14.8 Å². The van der Waals surface area contributed by atoms with Gasteiger partial charge in [-0.25, -0.2) is 8.42 Å². The highest BCUT2D eigenvalue weighted by atomic mass is 35.5. The topological polar surface area (TPSA) is 102 Å². The molecule has 1 aliphatic rings. The minimum atomic E-state index is -3.00. The number of nitrogens with zero attached hydrogens (tertiary/aromatic N) is 3. The smallest absolute Gasteiger partial charge is 0.256 e. The highest BCUT2D eigenvalue weighted by Gasteiger charge is 2.27.